The second-order valence-electron chi connectivity index (χ2n) is 7.95. The third-order valence-electron chi connectivity index (χ3n) is 5.65. The summed E-state index contributed by atoms with van der Waals surface area (Å²) in [5.41, 5.74) is 1.37. The van der Waals surface area contributed by atoms with Crippen molar-refractivity contribution in [3.63, 3.8) is 0 Å². The highest BCUT2D eigenvalue weighted by molar-refractivity contribution is 6.04. The van der Waals surface area contributed by atoms with Crippen molar-refractivity contribution in [3.8, 4) is 11.8 Å². The largest absolute Gasteiger partial charge is 0.501 e. The van der Waals surface area contributed by atoms with Crippen LogP contribution in [0.2, 0.25) is 0 Å². The van der Waals surface area contributed by atoms with Gasteiger partial charge >= 0.3 is 0 Å². The fourth-order valence-corrected chi connectivity index (χ4v) is 3.90. The summed E-state index contributed by atoms with van der Waals surface area (Å²) >= 11 is 0. The molecule has 11 heteroatoms. The Balaban J connectivity index is 1.86. The summed E-state index contributed by atoms with van der Waals surface area (Å²) in [6.07, 6.45) is 5.70. The molecule has 0 fully saturated rings. The first kappa shape index (κ1) is 23.3. The molecule has 1 amide bonds. The van der Waals surface area contributed by atoms with Gasteiger partial charge in [0.2, 0.25) is 5.75 Å². The summed E-state index contributed by atoms with van der Waals surface area (Å²) in [7, 11) is 1.46. The molecule has 0 spiro atoms. The normalized spacial score (nSPS) is 12.5. The first-order valence-electron chi connectivity index (χ1n) is 10.6. The minimum atomic E-state index is -0.805. The summed E-state index contributed by atoms with van der Waals surface area (Å²) in [5, 5.41) is 26.1. The zero-order chi connectivity index (χ0) is 25.1. The number of aryl methyl sites for hydroxylation is 1. The van der Waals surface area contributed by atoms with Crippen molar-refractivity contribution in [2.45, 2.75) is 25.7 Å². The molecule has 176 valence electrons. The third-order valence-corrected chi connectivity index (χ3v) is 5.65. The van der Waals surface area contributed by atoms with E-state index in [1.165, 1.54) is 24.1 Å². The second-order valence-corrected chi connectivity index (χ2v) is 7.95. The highest BCUT2D eigenvalue weighted by Gasteiger charge is 2.31. The topological polar surface area (TPSA) is 160 Å². The Bertz CT molecular complexity index is 1470. The Kier molecular flexibility index (Phi) is 6.37. The van der Waals surface area contributed by atoms with Crippen LogP contribution >= 0.6 is 0 Å². The molecule has 0 aliphatic carbocycles. The molecular formula is C24H21N7O4. The van der Waals surface area contributed by atoms with Crippen LogP contribution in [0, 0.1) is 18.3 Å². The molecule has 1 aromatic carbocycles. The van der Waals surface area contributed by atoms with Gasteiger partial charge in [-0.25, -0.2) is 4.98 Å². The van der Waals surface area contributed by atoms with Gasteiger partial charge in [-0.1, -0.05) is 30.3 Å². The summed E-state index contributed by atoms with van der Waals surface area (Å²) in [6, 6.07) is 9.25. The average Bonchev–Trinajstić information content (AvgIpc) is 3.37. The van der Waals surface area contributed by atoms with E-state index in [4.69, 9.17) is 4.52 Å². The third kappa shape index (κ3) is 4.49. The monoisotopic (exact) mass is 471 g/mol. The number of aromatic hydroxyl groups is 1. The number of anilines is 1. The molecule has 0 aliphatic heterocycles. The van der Waals surface area contributed by atoms with Gasteiger partial charge in [-0.3, -0.25) is 24.1 Å². The van der Waals surface area contributed by atoms with Gasteiger partial charge in [-0.2, -0.15) is 5.26 Å². The Labute approximate surface area is 199 Å². The number of nitriles is 1. The molecule has 0 bridgehead atoms. The first-order valence-corrected chi connectivity index (χ1v) is 10.6. The van der Waals surface area contributed by atoms with Gasteiger partial charge in [0.25, 0.3) is 11.5 Å². The molecule has 0 unspecified atom stereocenters. The minimum absolute atomic E-state index is 0.211. The SMILES string of the molecule is Cc1cnc([C@@H](c2ccccc2C#N)[C@H](C)c2nc(C(=O)Nc3cnoc3)c(O)c(=O)n2C)cn1. The van der Waals surface area contributed by atoms with E-state index in [1.54, 1.807) is 43.6 Å². The van der Waals surface area contributed by atoms with E-state index >= 15 is 0 Å². The number of carbonyl (C=O) groups is 1. The quantitative estimate of drug-likeness (QED) is 0.431. The van der Waals surface area contributed by atoms with Crippen LogP contribution in [-0.2, 0) is 7.05 Å². The number of hydrogen-bond donors (Lipinski definition) is 2. The summed E-state index contributed by atoms with van der Waals surface area (Å²) < 4.78 is 5.87. The second kappa shape index (κ2) is 9.56. The highest BCUT2D eigenvalue weighted by atomic mass is 16.5. The maximum atomic E-state index is 12.9. The first-order chi connectivity index (χ1) is 16.8. The number of benzene rings is 1. The molecule has 0 saturated heterocycles. The molecule has 3 heterocycles. The van der Waals surface area contributed by atoms with Crippen LogP contribution in [0.3, 0.4) is 0 Å². The van der Waals surface area contributed by atoms with Crippen LogP contribution in [0.4, 0.5) is 5.69 Å². The predicted octanol–water partition coefficient (Wildman–Crippen LogP) is 2.63. The van der Waals surface area contributed by atoms with Crippen molar-refractivity contribution in [2.75, 3.05) is 5.32 Å². The lowest BCUT2D eigenvalue weighted by molar-refractivity contribution is 0.101. The molecule has 0 saturated carbocycles. The number of aromatic nitrogens is 5. The number of nitrogens with one attached hydrogen (secondary N) is 1. The maximum absolute atomic E-state index is 12.9. The zero-order valence-electron chi connectivity index (χ0n) is 19.1. The van der Waals surface area contributed by atoms with Gasteiger partial charge < -0.3 is 14.9 Å². The van der Waals surface area contributed by atoms with Crippen LogP contribution in [-0.4, -0.2) is 35.7 Å². The smallest absolute Gasteiger partial charge is 0.296 e. The van der Waals surface area contributed by atoms with E-state index in [1.807, 2.05) is 6.92 Å². The number of amides is 1. The van der Waals surface area contributed by atoms with Gasteiger partial charge in [0.15, 0.2) is 5.69 Å². The molecule has 3 aromatic heterocycles. The molecule has 0 aliphatic rings. The lowest BCUT2D eigenvalue weighted by Crippen LogP contribution is -2.29. The Morgan fingerprint density at radius 3 is 2.66 bits per heavy atom. The van der Waals surface area contributed by atoms with Crippen LogP contribution in [0.1, 0.15) is 57.6 Å². The Morgan fingerprint density at radius 2 is 2.00 bits per heavy atom. The van der Waals surface area contributed by atoms with Gasteiger partial charge in [0.05, 0.1) is 29.2 Å². The van der Waals surface area contributed by atoms with Gasteiger partial charge in [0, 0.05) is 31.3 Å². The molecule has 2 N–H and O–H groups in total. The number of carbonyl (C=O) groups excluding carboxylic acids is 1. The lowest BCUT2D eigenvalue weighted by Gasteiger charge is -2.26. The van der Waals surface area contributed by atoms with Gasteiger partial charge in [-0.15, -0.1) is 0 Å². The zero-order valence-corrected chi connectivity index (χ0v) is 19.1. The van der Waals surface area contributed by atoms with Crippen molar-refractivity contribution < 1.29 is 14.4 Å². The van der Waals surface area contributed by atoms with E-state index in [2.05, 4.69) is 31.5 Å². The van der Waals surface area contributed by atoms with Crippen molar-refractivity contribution in [2.24, 2.45) is 7.05 Å². The van der Waals surface area contributed by atoms with Crippen molar-refractivity contribution in [3.05, 3.63) is 93.5 Å². The fraction of sp³-hybridized carbons (Fsp3) is 0.208. The summed E-state index contributed by atoms with van der Waals surface area (Å²) in [4.78, 5) is 38.9. The standard InChI is InChI=1S/C24H21N7O4/c1-13-9-27-18(11-26-13)19(17-7-5-4-6-15(17)8-25)14(2)22-30-20(21(32)24(34)31(22)3)23(33)29-16-10-28-35-12-16/h4-7,9-12,14,19,32H,1-3H3,(H,29,33)/t14-,19+/m0/s1. The van der Waals surface area contributed by atoms with Crippen LogP contribution in [0.15, 0.2) is 58.4 Å². The minimum Gasteiger partial charge on any atom is -0.501 e. The number of nitrogens with zero attached hydrogens (tertiary/aromatic N) is 6. The van der Waals surface area contributed by atoms with Crippen molar-refractivity contribution >= 4 is 11.6 Å². The Morgan fingerprint density at radius 1 is 1.23 bits per heavy atom. The Hall–Kier alpha value is -4.85. The van der Waals surface area contributed by atoms with Gasteiger partial charge in [-0.05, 0) is 18.6 Å². The van der Waals surface area contributed by atoms with E-state index < -0.39 is 34.7 Å². The van der Waals surface area contributed by atoms with E-state index in [-0.39, 0.29) is 11.5 Å². The number of hydrogen-bond acceptors (Lipinski definition) is 9. The number of rotatable bonds is 6. The molecule has 2 atom stereocenters. The molecule has 35 heavy (non-hydrogen) atoms. The summed E-state index contributed by atoms with van der Waals surface area (Å²) in [6.45, 7) is 3.62. The fourth-order valence-electron chi connectivity index (χ4n) is 3.90. The van der Waals surface area contributed by atoms with Crippen molar-refractivity contribution in [1.29, 1.82) is 5.26 Å². The molecule has 0 radical (unpaired) electrons. The van der Waals surface area contributed by atoms with Gasteiger partial charge in [0.1, 0.15) is 17.8 Å². The van der Waals surface area contributed by atoms with Crippen LogP contribution in [0.5, 0.6) is 5.75 Å². The van der Waals surface area contributed by atoms with Crippen molar-refractivity contribution in [1.82, 2.24) is 24.7 Å². The van der Waals surface area contributed by atoms with E-state index in [9.17, 15) is 20.0 Å². The van der Waals surface area contributed by atoms with Crippen LogP contribution in [0.25, 0.3) is 0 Å². The van der Waals surface area contributed by atoms with E-state index in [0.29, 0.717) is 16.8 Å². The molecule has 4 aromatic rings. The van der Waals surface area contributed by atoms with Crippen LogP contribution < -0.4 is 10.9 Å². The van der Waals surface area contributed by atoms with E-state index in [0.717, 1.165) is 5.69 Å². The average molecular weight is 471 g/mol. The molecule has 11 nitrogen and oxygen atoms in total. The molecular weight excluding hydrogens is 450 g/mol. The molecule has 4 rings (SSSR count). The summed E-state index contributed by atoms with van der Waals surface area (Å²) in [5.74, 6) is -2.47. The highest BCUT2D eigenvalue weighted by Crippen LogP contribution is 2.38. The lowest BCUT2D eigenvalue weighted by atomic mass is 9.82. The predicted molar refractivity (Wildman–Crippen MR) is 124 cm³/mol. The maximum Gasteiger partial charge on any atom is 0.296 e.